The summed E-state index contributed by atoms with van der Waals surface area (Å²) in [4.78, 5) is 12.8. The van der Waals surface area contributed by atoms with Crippen LogP contribution < -0.4 is 29.6 Å². The zero-order chi connectivity index (χ0) is 73.9. The summed E-state index contributed by atoms with van der Waals surface area (Å²) < 4.78 is 47.3. The fourth-order valence-electron chi connectivity index (χ4n) is 12.1. The zero-order valence-corrected chi connectivity index (χ0v) is 61.1. The third kappa shape index (κ3) is 37.9. The van der Waals surface area contributed by atoms with Crippen molar-refractivity contribution in [3.8, 4) is 0 Å². The predicted molar refractivity (Wildman–Crippen MR) is 365 cm³/mol. The van der Waals surface area contributed by atoms with Crippen LogP contribution in [0.3, 0.4) is 0 Å². The van der Waals surface area contributed by atoms with E-state index in [9.17, 15) is 115 Å². The van der Waals surface area contributed by atoms with Crippen molar-refractivity contribution in [3.63, 3.8) is 0 Å². The van der Waals surface area contributed by atoms with Crippen molar-refractivity contribution < 1.29 is 159 Å². The standard InChI is InChI=1S/C71H122O26S.Na/c1-6-7-8-9-10-11-12-13-14-15-16-17-18-19-25-55(80)65(88)70-67(90)60(85)41-62(97-70)68(91)63(86)46(4)29-32-54(79)61-40-59(84)66(89)69(96-61)64(87)56(81)26-21-20-23-47(73)39-58(83)53(78)34-33-52(77)57(82)37-45(3)27-30-48(74)38-49(75)42-71(5,92)35-22-24-51(98(93,94)95)31-28-44(2)36-50(76)43-72;/h6-8,11-16,19,21,25-26,44-45,47-48,50-70,72-74,76-92H,1,4,9-10,17-18,20,22-24,27-43H2,2-3,5H3,(H,93,94,95);/q;+1/p-1/b8-7+,12-11+,14-13+,16-15+,25-19+,26-21+;/t44?,45-,47-,48-,50+,51+,52+,53-,54+,55+,56+,57+,58+,59+,60+,61+,62+,63+,64-,65-,66+,67+,68-,69-,70-,71+;/m0./s1. The van der Waals surface area contributed by atoms with Crippen LogP contribution in [0.25, 0.3) is 0 Å². The number of ether oxygens (including phenoxy) is 2. The van der Waals surface area contributed by atoms with E-state index in [1.165, 1.54) is 19.1 Å². The minimum atomic E-state index is -4.66. The van der Waals surface area contributed by atoms with Crippen LogP contribution in [0.15, 0.2) is 97.7 Å². The molecule has 2 rings (SSSR count). The Labute approximate surface area is 607 Å². The van der Waals surface area contributed by atoms with Gasteiger partial charge >= 0.3 is 29.6 Å². The number of aliphatic hydroxyl groups is 20. The van der Waals surface area contributed by atoms with Gasteiger partial charge in [0.2, 0.25) is 0 Å². The molecule has 2 aliphatic heterocycles. The van der Waals surface area contributed by atoms with Gasteiger partial charge in [-0.3, -0.25) is 4.79 Å². The minimum Gasteiger partial charge on any atom is -0.748 e. The number of unbranched alkanes of at least 4 members (excludes halogenated alkanes) is 2. The minimum absolute atomic E-state index is 0. The molecule has 0 saturated carbocycles. The van der Waals surface area contributed by atoms with Gasteiger partial charge in [0.05, 0.1) is 95.6 Å². The molecule has 1 unspecified atom stereocenters. The number of carbonyl (C=O) groups is 1. The van der Waals surface area contributed by atoms with Gasteiger partial charge in [-0.1, -0.05) is 106 Å². The molecule has 0 bridgehead atoms. The van der Waals surface area contributed by atoms with Crippen molar-refractivity contribution in [1.29, 1.82) is 0 Å². The van der Waals surface area contributed by atoms with Gasteiger partial charge in [0, 0.05) is 37.4 Å². The summed E-state index contributed by atoms with van der Waals surface area (Å²) in [7, 11) is -4.66. The normalized spacial score (nSPS) is 26.4. The van der Waals surface area contributed by atoms with Gasteiger partial charge in [0.25, 0.3) is 0 Å². The first-order valence-corrected chi connectivity index (χ1v) is 36.1. The first-order chi connectivity index (χ1) is 46.0. The van der Waals surface area contributed by atoms with Crippen molar-refractivity contribution in [2.75, 3.05) is 6.61 Å². The van der Waals surface area contributed by atoms with Crippen molar-refractivity contribution in [2.24, 2.45) is 11.8 Å². The zero-order valence-electron chi connectivity index (χ0n) is 58.3. The van der Waals surface area contributed by atoms with E-state index < -0.39 is 168 Å². The summed E-state index contributed by atoms with van der Waals surface area (Å²) in [5.41, 5.74) is -1.55. The van der Waals surface area contributed by atoms with E-state index in [4.69, 9.17) is 14.6 Å². The molecule has 0 aromatic heterocycles. The molecular weight excluding hydrogens is 1320 g/mol. The van der Waals surface area contributed by atoms with Gasteiger partial charge in [-0.05, 0) is 146 Å². The molecule has 2 aliphatic rings. The average Bonchev–Trinajstić information content (AvgIpc) is 0.812. The van der Waals surface area contributed by atoms with E-state index in [0.717, 1.165) is 18.9 Å². The fraction of sp³-hybridized carbons (Fsp3) is 0.761. The van der Waals surface area contributed by atoms with Crippen molar-refractivity contribution in [3.05, 3.63) is 97.7 Å². The second-order valence-electron chi connectivity index (χ2n) is 27.5. The molecule has 568 valence electrons. The number of carbonyl (C=O) groups excluding carboxylic acids is 1. The Bertz CT molecular complexity index is 2520. The van der Waals surface area contributed by atoms with Crippen LogP contribution in [0.5, 0.6) is 0 Å². The Hall–Kier alpha value is -2.38. The largest absolute Gasteiger partial charge is 1.00 e. The van der Waals surface area contributed by atoms with Gasteiger partial charge in [0.1, 0.15) is 66.8 Å². The van der Waals surface area contributed by atoms with Crippen molar-refractivity contribution in [2.45, 2.75) is 320 Å². The quantitative estimate of drug-likeness (QED) is 0.0103. The molecule has 28 heteroatoms. The molecule has 0 aromatic rings. The third-order valence-corrected chi connectivity index (χ3v) is 19.6. The SMILES string of the molecule is C=C/C=C/CC/C=C/C=C/C=C/CC/C=C/[C@@H](O)[C@H](O)[C@@H]1O[C@@H]([C@H](O)[C@H](O)C(=C)CC[C@@H](O)[C@H]2C[C@@H](O)[C@@H](O)[C@H]([C@@H](O)[C@H](O)/C=C/CC[C@H](O)C[C@@H](O)[C@@H](O)CC[C@@H](O)[C@H](O)C[C@@H](C)CC[C@H](O)CC(=O)C[C@](C)(O)CCC[C@H](CCC(C)C[C@@H](O)CO)S(=O)(=O)[O-])O2)C[C@@H](O)[C@H]1O.[Na+]. The van der Waals surface area contributed by atoms with Gasteiger partial charge in [-0.25, -0.2) is 8.42 Å². The predicted octanol–water partition coefficient (Wildman–Crippen LogP) is -2.04. The molecule has 0 amide bonds. The maximum absolute atomic E-state index is 12.8. The number of ketones is 1. The summed E-state index contributed by atoms with van der Waals surface area (Å²) in [6.45, 7) is 11.9. The molecule has 2 fully saturated rings. The average molecular weight is 1450 g/mol. The van der Waals surface area contributed by atoms with Crippen LogP contribution >= 0.6 is 0 Å². The summed E-state index contributed by atoms with van der Waals surface area (Å²) >= 11 is 0. The number of Topliss-reactive ketones (excluding diaryl/α,β-unsaturated/α-hetero) is 1. The Morgan fingerprint density at radius 3 is 1.60 bits per heavy atom. The smallest absolute Gasteiger partial charge is 0.748 e. The van der Waals surface area contributed by atoms with Gasteiger partial charge in [-0.2, -0.15) is 0 Å². The topological polar surface area (TPSA) is 497 Å². The van der Waals surface area contributed by atoms with Gasteiger partial charge in [-0.15, -0.1) is 0 Å². The van der Waals surface area contributed by atoms with Crippen LogP contribution in [-0.4, -0.2) is 273 Å². The molecule has 2 heterocycles. The summed E-state index contributed by atoms with van der Waals surface area (Å²) in [6.07, 6.45) is -7.65. The number of aliphatic hydroxyl groups excluding tert-OH is 19. The Morgan fingerprint density at radius 1 is 0.576 bits per heavy atom. The molecule has 0 aliphatic carbocycles. The molecule has 0 spiro atoms. The molecule has 2 saturated heterocycles. The first-order valence-electron chi connectivity index (χ1n) is 34.7. The van der Waals surface area contributed by atoms with E-state index >= 15 is 0 Å². The Morgan fingerprint density at radius 2 is 1.06 bits per heavy atom. The van der Waals surface area contributed by atoms with E-state index in [-0.39, 0.29) is 163 Å². The Balaban J connectivity index is 0.0000490. The van der Waals surface area contributed by atoms with Crippen molar-refractivity contribution >= 4 is 15.9 Å². The second kappa shape index (κ2) is 50.2. The molecule has 26 nitrogen and oxygen atoms in total. The van der Waals surface area contributed by atoms with Crippen LogP contribution in [0.1, 0.15) is 175 Å². The number of rotatable bonds is 52. The first kappa shape index (κ1) is 94.6. The van der Waals surface area contributed by atoms with E-state index in [1.54, 1.807) is 26.0 Å². The molecule has 0 aromatic carbocycles. The third-order valence-electron chi connectivity index (χ3n) is 18.3. The summed E-state index contributed by atoms with van der Waals surface area (Å²) in [5.74, 6) is -0.830. The van der Waals surface area contributed by atoms with Crippen molar-refractivity contribution in [1.82, 2.24) is 0 Å². The monoisotopic (exact) mass is 1440 g/mol. The van der Waals surface area contributed by atoms with Crippen LogP contribution in [0.4, 0.5) is 0 Å². The molecule has 20 N–H and O–H groups in total. The molecule has 0 radical (unpaired) electrons. The Kier molecular flexibility index (Phi) is 48.0. The summed E-state index contributed by atoms with van der Waals surface area (Å²) in [5, 5.41) is 212. The van der Waals surface area contributed by atoms with Crippen LogP contribution in [0.2, 0.25) is 0 Å². The molecule has 99 heavy (non-hydrogen) atoms. The number of hydrogen-bond donors (Lipinski definition) is 20. The van der Waals surface area contributed by atoms with Gasteiger partial charge in [0.15, 0.2) is 0 Å². The maximum Gasteiger partial charge on any atom is 1.00 e. The van der Waals surface area contributed by atoms with Crippen LogP contribution in [-0.2, 0) is 24.4 Å². The molecular formula is C71H121NaO26S. The summed E-state index contributed by atoms with van der Waals surface area (Å²) in [6, 6.07) is 0. The number of hydrogen-bond acceptors (Lipinski definition) is 26. The van der Waals surface area contributed by atoms with E-state index in [2.05, 4.69) is 13.2 Å². The van der Waals surface area contributed by atoms with Gasteiger partial charge < -0.3 is 116 Å². The number of allylic oxidation sites excluding steroid dienone is 11. The van der Waals surface area contributed by atoms with E-state index in [1.807, 2.05) is 48.6 Å². The fourth-order valence-corrected chi connectivity index (χ4v) is 13.0. The molecule has 26 atom stereocenters. The second-order valence-corrected chi connectivity index (χ2v) is 29.2. The van der Waals surface area contributed by atoms with Crippen LogP contribution in [0, 0.1) is 11.8 Å². The van der Waals surface area contributed by atoms with E-state index in [0.29, 0.717) is 25.7 Å². The maximum atomic E-state index is 12.8.